The molecular weight excluding hydrogens is 240 g/mol. The van der Waals surface area contributed by atoms with Gasteiger partial charge in [-0.05, 0) is 37.1 Å². The minimum atomic E-state index is 0.0960. The summed E-state index contributed by atoms with van der Waals surface area (Å²) in [7, 11) is 1.80. The van der Waals surface area contributed by atoms with Gasteiger partial charge < -0.3 is 15.4 Å². The van der Waals surface area contributed by atoms with Gasteiger partial charge in [0.15, 0.2) is 0 Å². The maximum atomic E-state index is 11.7. The van der Waals surface area contributed by atoms with Crippen molar-refractivity contribution in [2.24, 2.45) is 5.73 Å². The molecule has 1 amide bonds. The van der Waals surface area contributed by atoms with Gasteiger partial charge in [-0.2, -0.15) is 0 Å². The van der Waals surface area contributed by atoms with E-state index in [0.717, 1.165) is 18.6 Å². The number of rotatable bonds is 8. The Hall–Kier alpha value is -1.55. The first kappa shape index (κ1) is 15.5. The van der Waals surface area contributed by atoms with Gasteiger partial charge in [0.05, 0.1) is 13.0 Å². The smallest absolute Gasteiger partial charge is 0.225 e. The molecule has 0 fully saturated rings. The number of nitrogens with zero attached hydrogens (tertiary/aromatic N) is 1. The Kier molecular flexibility index (Phi) is 6.97. The first-order valence-electron chi connectivity index (χ1n) is 6.83. The highest BCUT2D eigenvalue weighted by atomic mass is 16.5. The molecule has 2 N–H and O–H groups in total. The molecule has 1 aromatic carbocycles. The number of hydrogen-bond acceptors (Lipinski definition) is 3. The van der Waals surface area contributed by atoms with Gasteiger partial charge in [0.1, 0.15) is 5.75 Å². The van der Waals surface area contributed by atoms with Gasteiger partial charge in [0, 0.05) is 13.6 Å². The molecule has 0 aromatic heterocycles. The van der Waals surface area contributed by atoms with Crippen LogP contribution in [0.15, 0.2) is 24.3 Å². The lowest BCUT2D eigenvalue weighted by Gasteiger charge is -2.16. The Morgan fingerprint density at radius 1 is 1.32 bits per heavy atom. The van der Waals surface area contributed by atoms with Crippen LogP contribution < -0.4 is 10.5 Å². The van der Waals surface area contributed by atoms with Crippen LogP contribution in [0.2, 0.25) is 0 Å². The molecule has 19 heavy (non-hydrogen) atoms. The van der Waals surface area contributed by atoms with E-state index < -0.39 is 0 Å². The summed E-state index contributed by atoms with van der Waals surface area (Å²) in [6, 6.07) is 7.98. The van der Waals surface area contributed by atoms with Gasteiger partial charge >= 0.3 is 0 Å². The molecule has 4 nitrogen and oxygen atoms in total. The molecule has 0 radical (unpaired) electrons. The maximum absolute atomic E-state index is 11.7. The van der Waals surface area contributed by atoms with Gasteiger partial charge in [-0.25, -0.2) is 0 Å². The van der Waals surface area contributed by atoms with E-state index in [1.165, 1.54) is 5.56 Å². The Balaban J connectivity index is 2.27. The monoisotopic (exact) mass is 264 g/mol. The zero-order valence-electron chi connectivity index (χ0n) is 11.9. The lowest BCUT2D eigenvalue weighted by atomic mass is 10.2. The van der Waals surface area contributed by atoms with Crippen LogP contribution in [-0.4, -0.2) is 37.6 Å². The van der Waals surface area contributed by atoms with Crippen LogP contribution in [0, 0.1) is 0 Å². The van der Waals surface area contributed by atoms with Crippen molar-refractivity contribution in [1.82, 2.24) is 4.90 Å². The van der Waals surface area contributed by atoms with E-state index in [4.69, 9.17) is 10.5 Å². The van der Waals surface area contributed by atoms with Crippen molar-refractivity contribution in [3.05, 3.63) is 29.8 Å². The van der Waals surface area contributed by atoms with Crippen molar-refractivity contribution >= 4 is 5.91 Å². The highest BCUT2D eigenvalue weighted by molar-refractivity contribution is 5.75. The lowest BCUT2D eigenvalue weighted by molar-refractivity contribution is -0.130. The van der Waals surface area contributed by atoms with Crippen molar-refractivity contribution in [2.45, 2.75) is 26.2 Å². The van der Waals surface area contributed by atoms with Gasteiger partial charge in [-0.15, -0.1) is 0 Å². The Morgan fingerprint density at radius 2 is 2.00 bits per heavy atom. The van der Waals surface area contributed by atoms with E-state index >= 15 is 0 Å². The molecule has 106 valence electrons. The number of hydrogen-bond donors (Lipinski definition) is 1. The Bertz CT molecular complexity index is 376. The molecule has 0 aliphatic rings. The van der Waals surface area contributed by atoms with Gasteiger partial charge in [-0.1, -0.05) is 19.1 Å². The summed E-state index contributed by atoms with van der Waals surface area (Å²) in [4.78, 5) is 13.4. The lowest BCUT2D eigenvalue weighted by Crippen LogP contribution is -2.29. The molecule has 0 aliphatic carbocycles. The van der Waals surface area contributed by atoms with Gasteiger partial charge in [-0.3, -0.25) is 4.79 Å². The standard InChI is InChI=1S/C15H24N2O2/c1-3-13-5-7-14(8-6-13)19-12-9-15(18)17(2)11-4-10-16/h5-8H,3-4,9-12,16H2,1-2H3. The predicted molar refractivity (Wildman–Crippen MR) is 77.2 cm³/mol. The van der Waals surface area contributed by atoms with E-state index in [-0.39, 0.29) is 5.91 Å². The molecule has 0 spiro atoms. The molecule has 0 unspecified atom stereocenters. The summed E-state index contributed by atoms with van der Waals surface area (Å²) in [5.41, 5.74) is 6.70. The Morgan fingerprint density at radius 3 is 2.58 bits per heavy atom. The summed E-state index contributed by atoms with van der Waals surface area (Å²) in [5.74, 6) is 0.910. The fourth-order valence-corrected chi connectivity index (χ4v) is 1.72. The molecule has 0 atom stereocenters. The third-order valence-electron chi connectivity index (χ3n) is 3.04. The fraction of sp³-hybridized carbons (Fsp3) is 0.533. The molecule has 1 rings (SSSR count). The summed E-state index contributed by atoms with van der Waals surface area (Å²) in [5, 5.41) is 0. The minimum Gasteiger partial charge on any atom is -0.493 e. The molecule has 0 bridgehead atoms. The second kappa shape index (κ2) is 8.53. The highest BCUT2D eigenvalue weighted by Gasteiger charge is 2.07. The van der Waals surface area contributed by atoms with Crippen molar-refractivity contribution < 1.29 is 9.53 Å². The van der Waals surface area contributed by atoms with E-state index in [1.807, 2.05) is 24.3 Å². The van der Waals surface area contributed by atoms with Gasteiger partial charge in [0.25, 0.3) is 0 Å². The minimum absolute atomic E-state index is 0.0960. The first-order chi connectivity index (χ1) is 9.17. The fourth-order valence-electron chi connectivity index (χ4n) is 1.72. The van der Waals surface area contributed by atoms with Crippen LogP contribution in [0.3, 0.4) is 0 Å². The topological polar surface area (TPSA) is 55.6 Å². The molecule has 0 saturated carbocycles. The van der Waals surface area contributed by atoms with Crippen LogP contribution in [0.25, 0.3) is 0 Å². The van der Waals surface area contributed by atoms with Crippen molar-refractivity contribution in [3.63, 3.8) is 0 Å². The third-order valence-corrected chi connectivity index (χ3v) is 3.04. The molecule has 0 heterocycles. The summed E-state index contributed by atoms with van der Waals surface area (Å²) in [6.07, 6.45) is 2.25. The predicted octanol–water partition coefficient (Wildman–Crippen LogP) is 1.83. The van der Waals surface area contributed by atoms with Crippen LogP contribution in [0.5, 0.6) is 5.75 Å². The average molecular weight is 264 g/mol. The van der Waals surface area contributed by atoms with Crippen LogP contribution in [0.4, 0.5) is 0 Å². The second-order valence-corrected chi connectivity index (χ2v) is 4.55. The number of aryl methyl sites for hydroxylation is 1. The maximum Gasteiger partial charge on any atom is 0.225 e. The molecular formula is C15H24N2O2. The zero-order chi connectivity index (χ0) is 14.1. The quantitative estimate of drug-likeness (QED) is 0.779. The first-order valence-corrected chi connectivity index (χ1v) is 6.83. The zero-order valence-corrected chi connectivity index (χ0v) is 11.9. The number of carbonyl (C=O) groups excluding carboxylic acids is 1. The van der Waals surface area contributed by atoms with Crippen molar-refractivity contribution in [3.8, 4) is 5.75 Å². The molecule has 0 aliphatic heterocycles. The van der Waals surface area contributed by atoms with E-state index in [9.17, 15) is 4.79 Å². The Labute approximate surface area is 115 Å². The second-order valence-electron chi connectivity index (χ2n) is 4.55. The number of amides is 1. The highest BCUT2D eigenvalue weighted by Crippen LogP contribution is 2.12. The molecule has 1 aromatic rings. The molecule has 0 saturated heterocycles. The number of benzene rings is 1. The molecule has 4 heteroatoms. The van der Waals surface area contributed by atoms with E-state index in [2.05, 4.69) is 6.92 Å². The average Bonchev–Trinajstić information content (AvgIpc) is 2.45. The largest absolute Gasteiger partial charge is 0.493 e. The summed E-state index contributed by atoms with van der Waals surface area (Å²) < 4.78 is 5.56. The van der Waals surface area contributed by atoms with Crippen LogP contribution >= 0.6 is 0 Å². The van der Waals surface area contributed by atoms with E-state index in [0.29, 0.717) is 26.1 Å². The third kappa shape index (κ3) is 5.75. The van der Waals surface area contributed by atoms with Crippen molar-refractivity contribution in [2.75, 3.05) is 26.7 Å². The van der Waals surface area contributed by atoms with Crippen LogP contribution in [0.1, 0.15) is 25.3 Å². The number of ether oxygens (including phenoxy) is 1. The SMILES string of the molecule is CCc1ccc(OCCC(=O)N(C)CCCN)cc1. The van der Waals surface area contributed by atoms with E-state index in [1.54, 1.807) is 11.9 Å². The summed E-state index contributed by atoms with van der Waals surface area (Å²) >= 11 is 0. The van der Waals surface area contributed by atoms with Gasteiger partial charge in [0.2, 0.25) is 5.91 Å². The van der Waals surface area contributed by atoms with Crippen LogP contribution in [-0.2, 0) is 11.2 Å². The number of nitrogens with two attached hydrogens (primary N) is 1. The normalized spacial score (nSPS) is 10.3. The summed E-state index contributed by atoms with van der Waals surface area (Å²) in [6.45, 7) is 3.85. The number of carbonyl (C=O) groups is 1. The van der Waals surface area contributed by atoms with Crippen molar-refractivity contribution in [1.29, 1.82) is 0 Å².